The topological polar surface area (TPSA) is 106 Å². The fourth-order valence-corrected chi connectivity index (χ4v) is 3.41. The first-order valence-corrected chi connectivity index (χ1v) is 8.61. The predicted octanol–water partition coefficient (Wildman–Crippen LogP) is 2.74. The lowest BCUT2D eigenvalue weighted by molar-refractivity contribution is 0.0942. The molecule has 4 rings (SSSR count). The monoisotopic (exact) mass is 381 g/mol. The maximum Gasteiger partial charge on any atom is 0.268 e. The van der Waals surface area contributed by atoms with Crippen molar-refractivity contribution in [3.05, 3.63) is 64.4 Å². The summed E-state index contributed by atoms with van der Waals surface area (Å²) in [6, 6.07) is 10.7. The molecule has 2 amide bonds. The van der Waals surface area contributed by atoms with Crippen LogP contribution in [0.5, 0.6) is 0 Å². The molecule has 0 bridgehead atoms. The Labute approximate surface area is 159 Å². The van der Waals surface area contributed by atoms with Crippen LogP contribution in [0.25, 0.3) is 21.8 Å². The number of amides is 2. The number of aromatic nitrogens is 3. The molecule has 8 heteroatoms. The summed E-state index contributed by atoms with van der Waals surface area (Å²) in [6.45, 7) is 0.277. The van der Waals surface area contributed by atoms with Gasteiger partial charge in [-0.1, -0.05) is 23.7 Å². The average Bonchev–Trinajstić information content (AvgIpc) is 3.25. The molecule has 0 saturated heterocycles. The molecule has 0 saturated carbocycles. The van der Waals surface area contributed by atoms with Gasteiger partial charge in [-0.3, -0.25) is 14.7 Å². The lowest BCUT2D eigenvalue weighted by Gasteiger charge is -2.09. The number of hydrogen-bond acceptors (Lipinski definition) is 3. The highest BCUT2D eigenvalue weighted by Crippen LogP contribution is 2.23. The molecule has 2 aromatic carbocycles. The van der Waals surface area contributed by atoms with Crippen LogP contribution in [0.3, 0.4) is 0 Å². The van der Waals surface area contributed by atoms with Gasteiger partial charge in [0, 0.05) is 34.9 Å². The van der Waals surface area contributed by atoms with Crippen LogP contribution in [0, 0.1) is 0 Å². The van der Waals surface area contributed by atoms with Crippen LogP contribution in [0.15, 0.2) is 42.6 Å². The Bertz CT molecular complexity index is 1210. The van der Waals surface area contributed by atoms with E-state index in [9.17, 15) is 9.59 Å². The van der Waals surface area contributed by atoms with E-state index in [1.54, 1.807) is 29.0 Å². The molecular weight excluding hydrogens is 366 g/mol. The maximum atomic E-state index is 12.7. The molecule has 0 aliphatic carbocycles. The summed E-state index contributed by atoms with van der Waals surface area (Å²) in [5.41, 5.74) is 8.67. The average molecular weight is 382 g/mol. The molecule has 0 radical (unpaired) electrons. The minimum absolute atomic E-state index is 0.212. The SMILES string of the molecule is Cn1c(C(=O)NCc2ccc(C(N)=O)c3cn[nH]c23)cc2ccc(Cl)cc21. The van der Waals surface area contributed by atoms with Crippen molar-refractivity contribution in [3.63, 3.8) is 0 Å². The number of nitrogens with zero attached hydrogens (tertiary/aromatic N) is 2. The molecule has 0 spiro atoms. The van der Waals surface area contributed by atoms with Gasteiger partial charge in [-0.15, -0.1) is 0 Å². The molecule has 0 aliphatic heterocycles. The molecule has 4 N–H and O–H groups in total. The van der Waals surface area contributed by atoms with Gasteiger partial charge in [0.15, 0.2) is 0 Å². The summed E-state index contributed by atoms with van der Waals surface area (Å²) in [7, 11) is 1.82. The second-order valence-corrected chi connectivity index (χ2v) is 6.71. The van der Waals surface area contributed by atoms with E-state index in [1.807, 2.05) is 25.2 Å². The third kappa shape index (κ3) is 2.92. The summed E-state index contributed by atoms with van der Waals surface area (Å²) in [5.74, 6) is -0.734. The lowest BCUT2D eigenvalue weighted by Crippen LogP contribution is -2.25. The Kier molecular flexibility index (Phi) is 4.08. The van der Waals surface area contributed by atoms with Crippen molar-refractivity contribution in [1.82, 2.24) is 20.1 Å². The minimum Gasteiger partial charge on any atom is -0.366 e. The van der Waals surface area contributed by atoms with Crippen LogP contribution < -0.4 is 11.1 Å². The Hall–Kier alpha value is -3.32. The van der Waals surface area contributed by atoms with Gasteiger partial charge in [-0.25, -0.2) is 0 Å². The molecular formula is C19H16ClN5O2. The van der Waals surface area contributed by atoms with Crippen LogP contribution in [0.2, 0.25) is 5.02 Å². The third-order valence-corrected chi connectivity index (χ3v) is 4.88. The normalized spacial score (nSPS) is 11.2. The number of fused-ring (bicyclic) bond motifs is 2. The van der Waals surface area contributed by atoms with Crippen LogP contribution in [-0.4, -0.2) is 26.6 Å². The number of rotatable bonds is 4. The van der Waals surface area contributed by atoms with Gasteiger partial charge in [0.1, 0.15) is 5.69 Å². The number of benzene rings is 2. The van der Waals surface area contributed by atoms with Gasteiger partial charge in [0.25, 0.3) is 5.91 Å². The number of carbonyl (C=O) groups excluding carboxylic acids is 2. The van der Waals surface area contributed by atoms with E-state index >= 15 is 0 Å². The number of nitrogens with two attached hydrogens (primary N) is 1. The molecule has 7 nitrogen and oxygen atoms in total. The Balaban J connectivity index is 1.61. The molecule has 0 aliphatic rings. The first-order valence-electron chi connectivity index (χ1n) is 8.23. The van der Waals surface area contributed by atoms with E-state index < -0.39 is 5.91 Å². The lowest BCUT2D eigenvalue weighted by atomic mass is 10.1. The van der Waals surface area contributed by atoms with Crippen molar-refractivity contribution in [2.45, 2.75) is 6.54 Å². The van der Waals surface area contributed by atoms with Gasteiger partial charge in [-0.05, 0) is 29.8 Å². The van der Waals surface area contributed by atoms with Gasteiger partial charge in [-0.2, -0.15) is 5.10 Å². The molecule has 2 aromatic heterocycles. The number of nitrogens with one attached hydrogen (secondary N) is 2. The zero-order chi connectivity index (χ0) is 19.1. The van der Waals surface area contributed by atoms with E-state index in [-0.39, 0.29) is 12.5 Å². The van der Waals surface area contributed by atoms with Crippen LogP contribution >= 0.6 is 11.6 Å². The van der Waals surface area contributed by atoms with E-state index in [4.69, 9.17) is 17.3 Å². The zero-order valence-corrected chi connectivity index (χ0v) is 15.2. The van der Waals surface area contributed by atoms with Crippen molar-refractivity contribution in [1.29, 1.82) is 0 Å². The second kappa shape index (κ2) is 6.44. The Morgan fingerprint density at radius 2 is 2.07 bits per heavy atom. The second-order valence-electron chi connectivity index (χ2n) is 6.27. The molecule has 4 aromatic rings. The Morgan fingerprint density at radius 1 is 1.26 bits per heavy atom. The molecule has 0 fully saturated rings. The molecule has 0 unspecified atom stereocenters. The maximum absolute atomic E-state index is 12.7. The van der Waals surface area contributed by atoms with Crippen molar-refractivity contribution < 1.29 is 9.59 Å². The highest BCUT2D eigenvalue weighted by molar-refractivity contribution is 6.31. The van der Waals surface area contributed by atoms with E-state index in [0.29, 0.717) is 27.2 Å². The molecule has 2 heterocycles. The van der Waals surface area contributed by atoms with E-state index in [1.165, 1.54) is 0 Å². The number of halogens is 1. The predicted molar refractivity (Wildman–Crippen MR) is 104 cm³/mol. The highest BCUT2D eigenvalue weighted by atomic mass is 35.5. The number of carbonyl (C=O) groups is 2. The molecule has 0 atom stereocenters. The number of primary amides is 1. The van der Waals surface area contributed by atoms with Crippen molar-refractivity contribution in [2.24, 2.45) is 12.8 Å². The first-order chi connectivity index (χ1) is 13.0. The minimum atomic E-state index is -0.522. The van der Waals surface area contributed by atoms with Gasteiger partial charge in [0.05, 0.1) is 17.3 Å². The van der Waals surface area contributed by atoms with E-state index in [0.717, 1.165) is 16.5 Å². The number of aromatic amines is 1. The van der Waals surface area contributed by atoms with Crippen molar-refractivity contribution in [3.8, 4) is 0 Å². The Morgan fingerprint density at radius 3 is 2.85 bits per heavy atom. The molecule has 27 heavy (non-hydrogen) atoms. The van der Waals surface area contributed by atoms with Crippen molar-refractivity contribution in [2.75, 3.05) is 0 Å². The smallest absolute Gasteiger partial charge is 0.268 e. The number of aryl methyl sites for hydroxylation is 1. The highest BCUT2D eigenvalue weighted by Gasteiger charge is 2.15. The van der Waals surface area contributed by atoms with Crippen LogP contribution in [0.1, 0.15) is 26.4 Å². The summed E-state index contributed by atoms with van der Waals surface area (Å²) >= 11 is 6.04. The fraction of sp³-hybridized carbons (Fsp3) is 0.105. The summed E-state index contributed by atoms with van der Waals surface area (Å²) < 4.78 is 1.80. The third-order valence-electron chi connectivity index (χ3n) is 4.65. The van der Waals surface area contributed by atoms with Gasteiger partial charge < -0.3 is 15.6 Å². The standard InChI is InChI=1S/C19H16ClN5O2/c1-25-15-7-12(20)4-2-10(15)6-16(25)19(27)22-8-11-3-5-13(18(21)26)14-9-23-24-17(11)14/h2-7,9H,8H2,1H3,(H2,21,26)(H,22,27)(H,23,24). The largest absolute Gasteiger partial charge is 0.366 e. The van der Waals surface area contributed by atoms with Gasteiger partial charge in [0.2, 0.25) is 5.91 Å². The number of hydrogen-bond donors (Lipinski definition) is 3. The quantitative estimate of drug-likeness (QED) is 0.506. The summed E-state index contributed by atoms with van der Waals surface area (Å²) in [5, 5.41) is 11.9. The fourth-order valence-electron chi connectivity index (χ4n) is 3.24. The molecule has 136 valence electrons. The van der Waals surface area contributed by atoms with Crippen LogP contribution in [-0.2, 0) is 13.6 Å². The van der Waals surface area contributed by atoms with Gasteiger partial charge >= 0.3 is 0 Å². The zero-order valence-electron chi connectivity index (χ0n) is 14.4. The summed E-state index contributed by atoms with van der Waals surface area (Å²) in [6.07, 6.45) is 1.55. The summed E-state index contributed by atoms with van der Waals surface area (Å²) in [4.78, 5) is 24.2. The van der Waals surface area contributed by atoms with Crippen molar-refractivity contribution >= 4 is 45.2 Å². The number of H-pyrrole nitrogens is 1. The van der Waals surface area contributed by atoms with Crippen LogP contribution in [0.4, 0.5) is 0 Å². The van der Waals surface area contributed by atoms with E-state index in [2.05, 4.69) is 15.5 Å². The first kappa shape index (κ1) is 17.1.